The number of methoxy groups -OCH3 is 1. The Morgan fingerprint density at radius 2 is 1.85 bits per heavy atom. The first-order valence-corrected chi connectivity index (χ1v) is 10.2. The van der Waals surface area contributed by atoms with Gasteiger partial charge in [-0.05, 0) is 45.0 Å². The fourth-order valence-electron chi connectivity index (χ4n) is 3.30. The number of pyridine rings is 3. The van der Waals surface area contributed by atoms with Crippen LogP contribution in [0.2, 0.25) is 0 Å². The lowest BCUT2D eigenvalue weighted by Gasteiger charge is -2.21. The van der Waals surface area contributed by atoms with Crippen molar-refractivity contribution in [3.8, 4) is 17.1 Å². The minimum atomic E-state index is -4.65. The zero-order valence-electron chi connectivity index (χ0n) is 18.7. The maximum absolute atomic E-state index is 13.6. The summed E-state index contributed by atoms with van der Waals surface area (Å²) in [5.74, 6) is 0.438. The average Bonchev–Trinajstić information content (AvgIpc) is 2.77. The van der Waals surface area contributed by atoms with Crippen LogP contribution in [0.3, 0.4) is 0 Å². The van der Waals surface area contributed by atoms with E-state index in [1.54, 1.807) is 19.2 Å². The summed E-state index contributed by atoms with van der Waals surface area (Å²) in [7, 11) is 1.51. The van der Waals surface area contributed by atoms with Crippen LogP contribution >= 0.6 is 0 Å². The van der Waals surface area contributed by atoms with Gasteiger partial charge in [0.15, 0.2) is 5.69 Å². The van der Waals surface area contributed by atoms with Gasteiger partial charge in [-0.25, -0.2) is 9.97 Å². The lowest BCUT2D eigenvalue weighted by molar-refractivity contribution is -0.140. The molecule has 0 fully saturated rings. The third-order valence-corrected chi connectivity index (χ3v) is 4.67. The Labute approximate surface area is 190 Å². The molecule has 3 aromatic heterocycles. The number of rotatable bonds is 8. The topological polar surface area (TPSA) is 95.8 Å². The second-order valence-corrected chi connectivity index (χ2v) is 7.63. The van der Waals surface area contributed by atoms with Crippen molar-refractivity contribution in [2.75, 3.05) is 17.7 Å². The van der Waals surface area contributed by atoms with Crippen molar-refractivity contribution in [1.29, 1.82) is 5.41 Å². The highest BCUT2D eigenvalue weighted by Gasteiger charge is 2.36. The summed E-state index contributed by atoms with van der Waals surface area (Å²) in [4.78, 5) is 12.1. The van der Waals surface area contributed by atoms with Crippen LogP contribution in [0, 0.1) is 5.41 Å². The molecule has 0 saturated heterocycles. The van der Waals surface area contributed by atoms with E-state index in [2.05, 4.69) is 25.6 Å². The molecule has 10 heteroatoms. The Hall–Kier alpha value is -3.69. The van der Waals surface area contributed by atoms with E-state index in [4.69, 9.17) is 10.1 Å². The molecule has 0 atom stereocenters. The predicted molar refractivity (Wildman–Crippen MR) is 122 cm³/mol. The van der Waals surface area contributed by atoms with E-state index in [0.29, 0.717) is 23.8 Å². The van der Waals surface area contributed by atoms with Gasteiger partial charge >= 0.3 is 6.18 Å². The Kier molecular flexibility index (Phi) is 7.15. The van der Waals surface area contributed by atoms with Crippen molar-refractivity contribution in [1.82, 2.24) is 15.0 Å². The van der Waals surface area contributed by atoms with Gasteiger partial charge < -0.3 is 20.8 Å². The second kappa shape index (κ2) is 9.85. The number of nitrogens with zero attached hydrogens (tertiary/aromatic N) is 3. The van der Waals surface area contributed by atoms with Crippen LogP contribution in [0.25, 0.3) is 11.3 Å². The minimum Gasteiger partial charge on any atom is -0.481 e. The Balaban J connectivity index is 2.16. The van der Waals surface area contributed by atoms with Crippen molar-refractivity contribution >= 4 is 17.1 Å². The molecule has 174 valence electrons. The summed E-state index contributed by atoms with van der Waals surface area (Å²) in [5.41, 5.74) is 1.02. The molecule has 3 aromatic rings. The first kappa shape index (κ1) is 24.0. The zero-order valence-corrected chi connectivity index (χ0v) is 18.7. The molecule has 3 rings (SSSR count). The van der Waals surface area contributed by atoms with Crippen LogP contribution < -0.4 is 15.4 Å². The molecule has 0 aliphatic rings. The summed E-state index contributed by atoms with van der Waals surface area (Å²) in [5, 5.41) is 14.7. The Morgan fingerprint density at radius 1 is 1.15 bits per heavy atom. The standard InChI is InChI=1S/C23H25F3N6O/c1-13(2)31-20-18(30-12-15-7-5-10-29-22(15)33-4)11-17(32-19(20)14(3)27)16-8-6-9-28-21(16)23(24,25)26/h5-11,13,27,31H,12H2,1-4H3,(H,30,32). The van der Waals surface area contributed by atoms with Gasteiger partial charge in [-0.15, -0.1) is 0 Å². The van der Waals surface area contributed by atoms with Crippen LogP contribution in [-0.4, -0.2) is 33.8 Å². The average molecular weight is 458 g/mol. The molecule has 0 saturated carbocycles. The fourth-order valence-corrected chi connectivity index (χ4v) is 3.30. The normalized spacial score (nSPS) is 11.4. The highest BCUT2D eigenvalue weighted by molar-refractivity contribution is 6.03. The van der Waals surface area contributed by atoms with Crippen LogP contribution in [0.5, 0.6) is 5.88 Å². The molecule has 3 heterocycles. The van der Waals surface area contributed by atoms with Crippen molar-refractivity contribution in [2.45, 2.75) is 39.5 Å². The second-order valence-electron chi connectivity index (χ2n) is 7.63. The van der Waals surface area contributed by atoms with E-state index in [0.717, 1.165) is 11.8 Å². The van der Waals surface area contributed by atoms with E-state index >= 15 is 0 Å². The molecule has 0 unspecified atom stereocenters. The number of aromatic nitrogens is 3. The molecule has 0 aromatic carbocycles. The van der Waals surface area contributed by atoms with Gasteiger partial charge in [-0.3, -0.25) is 4.98 Å². The number of ether oxygens (including phenoxy) is 1. The highest BCUT2D eigenvalue weighted by atomic mass is 19.4. The molecular weight excluding hydrogens is 433 g/mol. The van der Waals surface area contributed by atoms with Gasteiger partial charge in [0.1, 0.15) is 5.69 Å². The molecule has 3 N–H and O–H groups in total. The van der Waals surface area contributed by atoms with Crippen molar-refractivity contribution in [3.05, 3.63) is 59.7 Å². The first-order chi connectivity index (χ1) is 15.6. The van der Waals surface area contributed by atoms with Gasteiger partial charge in [0, 0.05) is 36.1 Å². The summed E-state index contributed by atoms with van der Waals surface area (Å²) < 4.78 is 46.1. The van der Waals surface area contributed by atoms with Crippen LogP contribution in [0.1, 0.15) is 37.7 Å². The molecule has 33 heavy (non-hydrogen) atoms. The van der Waals surface area contributed by atoms with Gasteiger partial charge in [-0.1, -0.05) is 6.07 Å². The third kappa shape index (κ3) is 5.57. The number of halogens is 3. The van der Waals surface area contributed by atoms with E-state index in [9.17, 15) is 13.2 Å². The van der Waals surface area contributed by atoms with Crippen molar-refractivity contribution < 1.29 is 17.9 Å². The zero-order chi connectivity index (χ0) is 24.2. The number of alkyl halides is 3. The lowest BCUT2D eigenvalue weighted by atomic mass is 10.0. The smallest absolute Gasteiger partial charge is 0.434 e. The van der Waals surface area contributed by atoms with Gasteiger partial charge in [0.25, 0.3) is 0 Å². The lowest BCUT2D eigenvalue weighted by Crippen LogP contribution is -2.17. The van der Waals surface area contributed by atoms with Gasteiger partial charge in [0.2, 0.25) is 5.88 Å². The number of hydrogen-bond donors (Lipinski definition) is 3. The molecule has 0 spiro atoms. The van der Waals surface area contributed by atoms with Crippen molar-refractivity contribution in [3.63, 3.8) is 0 Å². The highest BCUT2D eigenvalue weighted by Crippen LogP contribution is 2.38. The Bertz CT molecular complexity index is 1150. The molecule has 0 bridgehead atoms. The van der Waals surface area contributed by atoms with Gasteiger partial charge in [-0.2, -0.15) is 13.2 Å². The molecule has 0 aliphatic carbocycles. The molecule has 0 radical (unpaired) electrons. The molecule has 7 nitrogen and oxygen atoms in total. The first-order valence-electron chi connectivity index (χ1n) is 10.2. The van der Waals surface area contributed by atoms with E-state index in [1.807, 2.05) is 19.9 Å². The van der Waals surface area contributed by atoms with E-state index in [-0.39, 0.29) is 28.7 Å². The van der Waals surface area contributed by atoms with Crippen LogP contribution in [0.4, 0.5) is 24.5 Å². The van der Waals surface area contributed by atoms with Gasteiger partial charge in [0.05, 0.1) is 29.9 Å². The van der Waals surface area contributed by atoms with E-state index < -0.39 is 11.9 Å². The summed E-state index contributed by atoms with van der Waals surface area (Å²) in [6, 6.07) is 7.88. The van der Waals surface area contributed by atoms with Crippen molar-refractivity contribution in [2.24, 2.45) is 0 Å². The maximum Gasteiger partial charge on any atom is 0.434 e. The third-order valence-electron chi connectivity index (χ3n) is 4.67. The molecular formula is C23H25F3N6O. The quantitative estimate of drug-likeness (QED) is 0.392. The van der Waals surface area contributed by atoms with Crippen LogP contribution in [0.15, 0.2) is 42.7 Å². The largest absolute Gasteiger partial charge is 0.481 e. The maximum atomic E-state index is 13.6. The summed E-state index contributed by atoms with van der Waals surface area (Å²) >= 11 is 0. The van der Waals surface area contributed by atoms with E-state index in [1.165, 1.54) is 25.3 Å². The number of hydrogen-bond acceptors (Lipinski definition) is 7. The Morgan fingerprint density at radius 3 is 2.48 bits per heavy atom. The minimum absolute atomic E-state index is 0.00615. The summed E-state index contributed by atoms with van der Waals surface area (Å²) in [6.45, 7) is 5.68. The predicted octanol–water partition coefficient (Wildman–Crippen LogP) is 5.39. The molecule has 0 aliphatic heterocycles. The summed E-state index contributed by atoms with van der Waals surface area (Å²) in [6.07, 6.45) is -1.95. The monoisotopic (exact) mass is 458 g/mol. The number of anilines is 2. The molecule has 0 amide bonds. The number of nitrogens with one attached hydrogen (secondary N) is 3. The SMILES string of the molecule is COc1ncccc1CNc1cc(-c2cccnc2C(F)(F)F)nc(C(C)=N)c1NC(C)C. The van der Waals surface area contributed by atoms with Crippen LogP contribution in [-0.2, 0) is 12.7 Å². The fraction of sp³-hybridized carbons (Fsp3) is 0.304.